The van der Waals surface area contributed by atoms with E-state index in [9.17, 15) is 22.8 Å². The Hall–Kier alpha value is -2.36. The molecule has 0 radical (unpaired) electrons. The third kappa shape index (κ3) is 4.57. The van der Waals surface area contributed by atoms with Crippen LogP contribution in [0.1, 0.15) is 5.82 Å². The Labute approximate surface area is 138 Å². The summed E-state index contributed by atoms with van der Waals surface area (Å²) in [4.78, 5) is 29.6. The third-order valence-corrected chi connectivity index (χ3v) is 3.81. The highest BCUT2D eigenvalue weighted by Gasteiger charge is 2.35. The lowest BCUT2D eigenvalue weighted by Crippen LogP contribution is -2.31. The molecule has 1 N–H and O–H groups in total. The molecule has 128 valence electrons. The number of amides is 1. The standard InChI is InChI=1S/C14H12F3N3O3S/c1-23-11(22)6-18-10(21)7-24-12-8-4-2-3-5-9(8)19-13(20-12)14(15,16)17/h2-5H,6-7H2,1H3,(H,18,21). The third-order valence-electron chi connectivity index (χ3n) is 2.82. The Morgan fingerprint density at radius 2 is 1.96 bits per heavy atom. The van der Waals surface area contributed by atoms with Gasteiger partial charge in [-0.3, -0.25) is 9.59 Å². The van der Waals surface area contributed by atoms with Crippen LogP contribution in [0.4, 0.5) is 13.2 Å². The molecule has 2 rings (SSSR count). The van der Waals surface area contributed by atoms with E-state index >= 15 is 0 Å². The number of nitrogens with zero attached hydrogens (tertiary/aromatic N) is 2. The first-order valence-electron chi connectivity index (χ1n) is 6.61. The highest BCUT2D eigenvalue weighted by Crippen LogP contribution is 2.31. The van der Waals surface area contributed by atoms with Crippen LogP contribution in [-0.4, -0.2) is 41.3 Å². The molecular weight excluding hydrogens is 347 g/mol. The molecule has 1 amide bonds. The minimum absolute atomic E-state index is 0.0427. The van der Waals surface area contributed by atoms with Crippen LogP contribution in [-0.2, 0) is 20.5 Å². The number of carbonyl (C=O) groups excluding carboxylic acids is 2. The fourth-order valence-corrected chi connectivity index (χ4v) is 2.56. The smallest absolute Gasteiger partial charge is 0.451 e. The molecule has 0 aliphatic heterocycles. The first-order chi connectivity index (χ1) is 11.3. The maximum absolute atomic E-state index is 12.9. The molecule has 10 heteroatoms. The Morgan fingerprint density at radius 3 is 2.62 bits per heavy atom. The van der Waals surface area contributed by atoms with Crippen LogP contribution in [0.5, 0.6) is 0 Å². The fourth-order valence-electron chi connectivity index (χ4n) is 1.71. The zero-order valence-corrected chi connectivity index (χ0v) is 13.2. The molecule has 0 saturated heterocycles. The van der Waals surface area contributed by atoms with E-state index < -0.39 is 23.9 Å². The molecule has 0 spiro atoms. The molecule has 0 aliphatic rings. The number of esters is 1. The van der Waals surface area contributed by atoms with Gasteiger partial charge in [0.25, 0.3) is 0 Å². The maximum Gasteiger partial charge on any atom is 0.451 e. The SMILES string of the molecule is COC(=O)CNC(=O)CSc1nc(C(F)(F)F)nc2ccccc12. The number of halogens is 3. The molecule has 1 heterocycles. The minimum atomic E-state index is -4.69. The van der Waals surface area contributed by atoms with Gasteiger partial charge in [-0.05, 0) is 6.07 Å². The number of para-hydroxylation sites is 1. The summed E-state index contributed by atoms with van der Waals surface area (Å²) >= 11 is 0.832. The normalized spacial score (nSPS) is 11.3. The van der Waals surface area contributed by atoms with E-state index in [-0.39, 0.29) is 22.8 Å². The van der Waals surface area contributed by atoms with Gasteiger partial charge in [-0.25, -0.2) is 9.97 Å². The van der Waals surface area contributed by atoms with Crippen molar-refractivity contribution in [1.29, 1.82) is 0 Å². The van der Waals surface area contributed by atoms with E-state index in [1.54, 1.807) is 18.2 Å². The zero-order chi connectivity index (χ0) is 17.7. The average molecular weight is 359 g/mol. The van der Waals surface area contributed by atoms with Gasteiger partial charge in [0.05, 0.1) is 18.4 Å². The second-order valence-electron chi connectivity index (χ2n) is 4.51. The van der Waals surface area contributed by atoms with E-state index in [4.69, 9.17) is 0 Å². The molecule has 1 aromatic heterocycles. The molecule has 2 aromatic rings. The number of carbonyl (C=O) groups is 2. The van der Waals surface area contributed by atoms with Crippen LogP contribution < -0.4 is 5.32 Å². The summed E-state index contributed by atoms with van der Waals surface area (Å²) in [6.07, 6.45) is -4.69. The van der Waals surface area contributed by atoms with Crippen LogP contribution in [0, 0.1) is 0 Å². The maximum atomic E-state index is 12.9. The molecular formula is C14H12F3N3O3S. The second-order valence-corrected chi connectivity index (χ2v) is 5.47. The van der Waals surface area contributed by atoms with E-state index in [0.29, 0.717) is 5.39 Å². The summed E-state index contributed by atoms with van der Waals surface area (Å²) in [5.41, 5.74) is 0.136. The second kappa shape index (κ2) is 7.47. The molecule has 0 atom stereocenters. The van der Waals surface area contributed by atoms with E-state index in [1.165, 1.54) is 13.2 Å². The largest absolute Gasteiger partial charge is 0.468 e. The number of nitrogens with one attached hydrogen (secondary N) is 1. The lowest BCUT2D eigenvalue weighted by molar-refractivity contribution is -0.145. The number of thioether (sulfide) groups is 1. The molecule has 24 heavy (non-hydrogen) atoms. The summed E-state index contributed by atoms with van der Waals surface area (Å²) in [5, 5.41) is 2.75. The van der Waals surface area contributed by atoms with Crippen molar-refractivity contribution in [1.82, 2.24) is 15.3 Å². The van der Waals surface area contributed by atoms with Crippen molar-refractivity contribution in [2.45, 2.75) is 11.2 Å². The zero-order valence-electron chi connectivity index (χ0n) is 12.4. The number of alkyl halides is 3. The summed E-state index contributed by atoms with van der Waals surface area (Å²) in [6.45, 7) is -0.311. The summed E-state index contributed by atoms with van der Waals surface area (Å²) in [5.74, 6) is -2.62. The molecule has 0 fully saturated rings. The quantitative estimate of drug-likeness (QED) is 0.500. The highest BCUT2D eigenvalue weighted by atomic mass is 32.2. The number of ether oxygens (including phenoxy) is 1. The molecule has 1 aromatic carbocycles. The minimum Gasteiger partial charge on any atom is -0.468 e. The summed E-state index contributed by atoms with van der Waals surface area (Å²) in [7, 11) is 1.18. The number of methoxy groups -OCH3 is 1. The van der Waals surface area contributed by atoms with Gasteiger partial charge in [0.1, 0.15) is 11.6 Å². The number of rotatable bonds is 5. The van der Waals surface area contributed by atoms with Crippen LogP contribution in [0.25, 0.3) is 10.9 Å². The molecule has 6 nitrogen and oxygen atoms in total. The van der Waals surface area contributed by atoms with Gasteiger partial charge in [0, 0.05) is 5.39 Å². The van der Waals surface area contributed by atoms with E-state index in [0.717, 1.165) is 11.8 Å². The Kier molecular flexibility index (Phi) is 5.60. The van der Waals surface area contributed by atoms with Crippen molar-refractivity contribution in [2.24, 2.45) is 0 Å². The lowest BCUT2D eigenvalue weighted by Gasteiger charge is -2.10. The number of hydrogen-bond donors (Lipinski definition) is 1. The Morgan fingerprint density at radius 1 is 1.25 bits per heavy atom. The van der Waals surface area contributed by atoms with Gasteiger partial charge in [-0.2, -0.15) is 13.2 Å². The van der Waals surface area contributed by atoms with Gasteiger partial charge < -0.3 is 10.1 Å². The van der Waals surface area contributed by atoms with Crippen molar-refractivity contribution in [3.05, 3.63) is 30.1 Å². The lowest BCUT2D eigenvalue weighted by atomic mass is 10.2. The van der Waals surface area contributed by atoms with Crippen molar-refractivity contribution in [3.63, 3.8) is 0 Å². The van der Waals surface area contributed by atoms with Gasteiger partial charge in [-0.1, -0.05) is 30.0 Å². The van der Waals surface area contributed by atoms with E-state index in [1.807, 2.05) is 0 Å². The topological polar surface area (TPSA) is 81.2 Å². The molecule has 0 bridgehead atoms. The van der Waals surface area contributed by atoms with Gasteiger partial charge in [0.15, 0.2) is 0 Å². The Balaban J connectivity index is 2.18. The Bertz CT molecular complexity index is 768. The number of fused-ring (bicyclic) bond motifs is 1. The van der Waals surface area contributed by atoms with Crippen molar-refractivity contribution < 1.29 is 27.5 Å². The molecule has 0 aliphatic carbocycles. The van der Waals surface area contributed by atoms with Gasteiger partial charge >= 0.3 is 12.1 Å². The van der Waals surface area contributed by atoms with Gasteiger partial charge in [-0.15, -0.1) is 0 Å². The van der Waals surface area contributed by atoms with Gasteiger partial charge in [0.2, 0.25) is 11.7 Å². The summed E-state index contributed by atoms with van der Waals surface area (Å²) < 4.78 is 43.0. The molecule has 0 saturated carbocycles. The van der Waals surface area contributed by atoms with E-state index in [2.05, 4.69) is 20.0 Å². The predicted molar refractivity (Wildman–Crippen MR) is 80.3 cm³/mol. The molecule has 0 unspecified atom stereocenters. The van der Waals surface area contributed by atoms with Crippen molar-refractivity contribution >= 4 is 34.5 Å². The van der Waals surface area contributed by atoms with Crippen molar-refractivity contribution in [3.8, 4) is 0 Å². The number of benzene rings is 1. The predicted octanol–water partition coefficient (Wildman–Crippen LogP) is 2.03. The number of hydrogen-bond acceptors (Lipinski definition) is 6. The van der Waals surface area contributed by atoms with Crippen LogP contribution in [0.15, 0.2) is 29.3 Å². The average Bonchev–Trinajstić information content (AvgIpc) is 2.56. The highest BCUT2D eigenvalue weighted by molar-refractivity contribution is 8.00. The van der Waals surface area contributed by atoms with Crippen molar-refractivity contribution in [2.75, 3.05) is 19.4 Å². The summed E-state index contributed by atoms with van der Waals surface area (Å²) in [6, 6.07) is 6.21. The van der Waals surface area contributed by atoms with Crippen LogP contribution in [0.3, 0.4) is 0 Å². The van der Waals surface area contributed by atoms with Crippen LogP contribution >= 0.6 is 11.8 Å². The fraction of sp³-hybridized carbons (Fsp3) is 0.286. The monoisotopic (exact) mass is 359 g/mol. The number of aromatic nitrogens is 2. The first kappa shape index (κ1) is 18.0. The first-order valence-corrected chi connectivity index (χ1v) is 7.60. The van der Waals surface area contributed by atoms with Crippen LogP contribution in [0.2, 0.25) is 0 Å².